The second-order valence-electron chi connectivity index (χ2n) is 10.3. The highest BCUT2D eigenvalue weighted by Crippen LogP contribution is 2.56. The van der Waals surface area contributed by atoms with E-state index in [1.807, 2.05) is 48.5 Å². The summed E-state index contributed by atoms with van der Waals surface area (Å²) in [5.74, 6) is 0.486. The number of carbonyl (C=O) groups excluding carboxylic acids is 2. The number of piperidine rings is 1. The number of nitrogens with zero attached hydrogens (tertiary/aromatic N) is 2. The predicted molar refractivity (Wildman–Crippen MR) is 127 cm³/mol. The van der Waals surface area contributed by atoms with Crippen LogP contribution >= 0.6 is 0 Å². The van der Waals surface area contributed by atoms with Gasteiger partial charge in [-0.15, -0.1) is 0 Å². The molecule has 3 fully saturated rings. The molecule has 6 rings (SSSR count). The lowest BCUT2D eigenvalue weighted by atomic mass is 9.64. The minimum atomic E-state index is -0.0799. The van der Waals surface area contributed by atoms with Crippen LogP contribution < -0.4 is 0 Å². The van der Waals surface area contributed by atoms with E-state index >= 15 is 0 Å². The van der Waals surface area contributed by atoms with E-state index in [2.05, 4.69) is 28.9 Å². The lowest BCUT2D eigenvalue weighted by Crippen LogP contribution is -2.62. The van der Waals surface area contributed by atoms with Crippen molar-refractivity contribution in [2.75, 3.05) is 0 Å². The van der Waals surface area contributed by atoms with Gasteiger partial charge in [0.1, 0.15) is 5.58 Å². The molecule has 2 saturated heterocycles. The first-order chi connectivity index (χ1) is 16.0. The minimum Gasteiger partial charge on any atom is -0.451 e. The number of fused-ring (bicyclic) bond motifs is 2. The molecule has 5 atom stereocenters. The van der Waals surface area contributed by atoms with Gasteiger partial charge in [0, 0.05) is 29.8 Å². The Morgan fingerprint density at radius 3 is 2.42 bits per heavy atom. The highest BCUT2D eigenvalue weighted by Gasteiger charge is 2.64. The molecule has 2 bridgehead atoms. The van der Waals surface area contributed by atoms with Crippen molar-refractivity contribution in [2.45, 2.75) is 70.1 Å². The topological polar surface area (TPSA) is 53.8 Å². The molecule has 3 aliphatic rings. The Hall–Kier alpha value is -3.08. The molecule has 170 valence electrons. The third-order valence-corrected chi connectivity index (χ3v) is 8.48. The van der Waals surface area contributed by atoms with Crippen molar-refractivity contribution in [2.24, 2.45) is 5.41 Å². The molecule has 2 aliphatic heterocycles. The van der Waals surface area contributed by atoms with Gasteiger partial charge in [0.2, 0.25) is 5.91 Å². The number of amides is 2. The zero-order valence-electron chi connectivity index (χ0n) is 19.2. The summed E-state index contributed by atoms with van der Waals surface area (Å²) in [5, 5.41) is 0.943. The van der Waals surface area contributed by atoms with Crippen molar-refractivity contribution in [3.8, 4) is 0 Å². The van der Waals surface area contributed by atoms with Crippen LogP contribution in [0.5, 0.6) is 0 Å². The Balaban J connectivity index is 1.47. The van der Waals surface area contributed by atoms with Crippen LogP contribution in [0.4, 0.5) is 0 Å². The van der Waals surface area contributed by atoms with Gasteiger partial charge in [-0.1, -0.05) is 55.5 Å². The van der Waals surface area contributed by atoms with Crippen LogP contribution in [0.3, 0.4) is 0 Å². The Morgan fingerprint density at radius 1 is 1.00 bits per heavy atom. The van der Waals surface area contributed by atoms with Gasteiger partial charge < -0.3 is 14.2 Å². The van der Waals surface area contributed by atoms with Crippen LogP contribution in [-0.4, -0.2) is 45.8 Å². The van der Waals surface area contributed by atoms with Gasteiger partial charge in [-0.05, 0) is 49.8 Å². The first-order valence-electron chi connectivity index (χ1n) is 12.1. The molecular formula is C28H30N2O3. The average Bonchev–Trinajstić information content (AvgIpc) is 3.37. The quantitative estimate of drug-likeness (QED) is 0.571. The number of benzene rings is 2. The zero-order valence-corrected chi connectivity index (χ0v) is 19.2. The largest absolute Gasteiger partial charge is 0.451 e. The van der Waals surface area contributed by atoms with E-state index in [4.69, 9.17) is 4.42 Å². The number of carbonyl (C=O) groups is 2. The van der Waals surface area contributed by atoms with Gasteiger partial charge in [-0.3, -0.25) is 9.59 Å². The second-order valence-corrected chi connectivity index (χ2v) is 10.3. The summed E-state index contributed by atoms with van der Waals surface area (Å²) in [5.41, 5.74) is 1.85. The Bertz CT molecular complexity index is 1190. The van der Waals surface area contributed by atoms with Crippen LogP contribution in [0.2, 0.25) is 0 Å². The SMILES string of the molecule is CC(=O)N1[C@H]2CCC[C@H]3N(C(=O)c4cc5ccccc5o4)[C@@H](Cc4ccccc4)[C@@H]1C[C@@]23C. The maximum atomic E-state index is 14.1. The van der Waals surface area contributed by atoms with Crippen molar-refractivity contribution in [3.63, 3.8) is 0 Å². The monoisotopic (exact) mass is 442 g/mol. The summed E-state index contributed by atoms with van der Waals surface area (Å²) < 4.78 is 6.05. The molecule has 0 radical (unpaired) electrons. The summed E-state index contributed by atoms with van der Waals surface area (Å²) in [4.78, 5) is 31.3. The first kappa shape index (κ1) is 20.5. The Kier molecular flexibility index (Phi) is 4.65. The Labute approximate surface area is 194 Å². The van der Waals surface area contributed by atoms with E-state index in [1.54, 1.807) is 6.92 Å². The fraction of sp³-hybridized carbons (Fsp3) is 0.429. The summed E-state index contributed by atoms with van der Waals surface area (Å²) in [6.45, 7) is 3.99. The zero-order chi connectivity index (χ0) is 22.7. The van der Waals surface area contributed by atoms with Gasteiger partial charge >= 0.3 is 0 Å². The Morgan fingerprint density at radius 2 is 1.70 bits per heavy atom. The number of rotatable bonds is 3. The molecule has 5 heteroatoms. The van der Waals surface area contributed by atoms with E-state index in [0.717, 1.165) is 43.1 Å². The highest BCUT2D eigenvalue weighted by molar-refractivity contribution is 5.96. The highest BCUT2D eigenvalue weighted by atomic mass is 16.3. The fourth-order valence-corrected chi connectivity index (χ4v) is 7.14. The van der Waals surface area contributed by atoms with Crippen molar-refractivity contribution < 1.29 is 14.0 Å². The average molecular weight is 443 g/mol. The number of hydrogen-bond donors (Lipinski definition) is 0. The van der Waals surface area contributed by atoms with Crippen LogP contribution in [-0.2, 0) is 11.2 Å². The number of para-hydroxylation sites is 1. The standard InChI is InChI=1S/C28H30N2O3/c1-18(31)29-22-17-28(2)25(29)13-8-14-26(28)30(21(22)15-19-9-4-3-5-10-19)27(32)24-16-20-11-6-7-12-23(20)33-24/h3-7,9-12,16,21-22,25-26H,8,13-15,17H2,1-2H3/t21-,22-,25-,26+,28-/m0/s1. The number of hydrogen-bond acceptors (Lipinski definition) is 3. The lowest BCUT2D eigenvalue weighted by Gasteiger charge is -2.52. The van der Waals surface area contributed by atoms with Crippen molar-refractivity contribution in [3.05, 3.63) is 72.0 Å². The summed E-state index contributed by atoms with van der Waals surface area (Å²) >= 11 is 0. The van der Waals surface area contributed by atoms with Gasteiger partial charge in [0.25, 0.3) is 5.91 Å². The molecule has 3 heterocycles. The lowest BCUT2D eigenvalue weighted by molar-refractivity contribution is -0.133. The molecule has 0 spiro atoms. The van der Waals surface area contributed by atoms with Gasteiger partial charge in [0.05, 0.1) is 12.1 Å². The van der Waals surface area contributed by atoms with Crippen LogP contribution in [0.1, 0.15) is 55.6 Å². The van der Waals surface area contributed by atoms with Gasteiger partial charge in [-0.25, -0.2) is 0 Å². The summed E-state index contributed by atoms with van der Waals surface area (Å²) in [6.07, 6.45) is 4.73. The molecule has 33 heavy (non-hydrogen) atoms. The molecule has 1 saturated carbocycles. The molecule has 0 unspecified atom stereocenters. The maximum absolute atomic E-state index is 14.1. The third-order valence-electron chi connectivity index (χ3n) is 8.48. The van der Waals surface area contributed by atoms with Crippen LogP contribution in [0.15, 0.2) is 65.1 Å². The molecule has 0 N–H and O–H groups in total. The van der Waals surface area contributed by atoms with E-state index in [0.29, 0.717) is 5.76 Å². The van der Waals surface area contributed by atoms with Crippen LogP contribution in [0, 0.1) is 5.41 Å². The van der Waals surface area contributed by atoms with Crippen molar-refractivity contribution >= 4 is 22.8 Å². The molecule has 1 aromatic heterocycles. The first-order valence-corrected chi connectivity index (χ1v) is 12.1. The van der Waals surface area contributed by atoms with Gasteiger partial charge in [0.15, 0.2) is 5.76 Å². The predicted octanol–water partition coefficient (Wildman–Crippen LogP) is 5.05. The number of likely N-dealkylation sites (tertiary alicyclic amines) is 2. The molecule has 2 amide bonds. The third kappa shape index (κ3) is 3.05. The van der Waals surface area contributed by atoms with E-state index in [-0.39, 0.29) is 41.4 Å². The minimum absolute atomic E-state index is 0.0281. The molecule has 5 nitrogen and oxygen atoms in total. The number of furan rings is 1. The van der Waals surface area contributed by atoms with E-state index < -0.39 is 0 Å². The van der Waals surface area contributed by atoms with Crippen molar-refractivity contribution in [1.29, 1.82) is 0 Å². The molecule has 3 aromatic rings. The molecular weight excluding hydrogens is 412 g/mol. The van der Waals surface area contributed by atoms with Crippen molar-refractivity contribution in [1.82, 2.24) is 9.80 Å². The summed E-state index contributed by atoms with van der Waals surface area (Å²) in [6, 6.07) is 20.3. The summed E-state index contributed by atoms with van der Waals surface area (Å²) in [7, 11) is 0. The van der Waals surface area contributed by atoms with E-state index in [9.17, 15) is 9.59 Å². The molecule has 2 aromatic carbocycles. The normalized spacial score (nSPS) is 30.6. The van der Waals surface area contributed by atoms with E-state index in [1.165, 1.54) is 5.56 Å². The molecule has 1 aliphatic carbocycles. The fourth-order valence-electron chi connectivity index (χ4n) is 7.14. The maximum Gasteiger partial charge on any atom is 0.290 e. The second kappa shape index (κ2) is 7.47. The van der Waals surface area contributed by atoms with Gasteiger partial charge in [-0.2, -0.15) is 0 Å². The smallest absolute Gasteiger partial charge is 0.290 e. The van der Waals surface area contributed by atoms with Crippen LogP contribution in [0.25, 0.3) is 11.0 Å².